The number of H-pyrrole nitrogens is 1. The van der Waals surface area contributed by atoms with E-state index in [1.54, 1.807) is 15.9 Å². The maximum absolute atomic E-state index is 12.8. The molecule has 1 atom stereocenters. The molecule has 0 radical (unpaired) electrons. The molecule has 28 heavy (non-hydrogen) atoms. The lowest BCUT2D eigenvalue weighted by Crippen LogP contribution is -2.48. The van der Waals surface area contributed by atoms with Crippen LogP contribution in [0.15, 0.2) is 17.5 Å². The number of nitrogens with zero attached hydrogens (tertiary/aromatic N) is 3. The minimum absolute atomic E-state index is 0.0734. The van der Waals surface area contributed by atoms with Crippen LogP contribution in [-0.4, -0.2) is 50.6 Å². The van der Waals surface area contributed by atoms with Crippen LogP contribution in [-0.2, 0) is 9.59 Å². The Hall–Kier alpha value is -2.00. The maximum Gasteiger partial charge on any atom is 0.243 e. The predicted octanol–water partition coefficient (Wildman–Crippen LogP) is 3.38. The number of carbonyl (C=O) groups excluding carboxylic acids is 2. The fraction of sp³-hybridized carbons (Fsp3) is 0.579. The van der Waals surface area contributed by atoms with Gasteiger partial charge in [0.1, 0.15) is 6.04 Å². The van der Waals surface area contributed by atoms with Gasteiger partial charge in [0.25, 0.3) is 0 Å². The van der Waals surface area contributed by atoms with Crippen molar-refractivity contribution in [2.24, 2.45) is 5.92 Å². The van der Waals surface area contributed by atoms with Crippen molar-refractivity contribution >= 4 is 35.4 Å². The number of hydrogen-bond acceptors (Lipinski definition) is 5. The first-order valence-electron chi connectivity index (χ1n) is 9.65. The molecule has 0 aromatic carbocycles. The minimum atomic E-state index is -0.469. The summed E-state index contributed by atoms with van der Waals surface area (Å²) in [5.74, 6) is 1.17. The van der Waals surface area contributed by atoms with Gasteiger partial charge < -0.3 is 10.2 Å². The second-order valence-electron chi connectivity index (χ2n) is 7.64. The lowest BCUT2D eigenvalue weighted by molar-refractivity contribution is -0.133. The molecule has 2 amide bonds. The third-order valence-corrected chi connectivity index (χ3v) is 6.14. The number of likely N-dealkylation sites (tertiary alicyclic amines) is 1. The number of carbonyl (C=O) groups is 2. The highest BCUT2D eigenvalue weighted by molar-refractivity contribution is 7.71. The summed E-state index contributed by atoms with van der Waals surface area (Å²) in [7, 11) is 0. The molecule has 152 valence electrons. The second kappa shape index (κ2) is 9.00. The molecule has 0 saturated carbocycles. The van der Waals surface area contributed by atoms with Crippen LogP contribution < -0.4 is 5.32 Å². The Bertz CT molecular complexity index is 863. The summed E-state index contributed by atoms with van der Waals surface area (Å²) >= 11 is 6.91. The van der Waals surface area contributed by atoms with E-state index in [1.165, 1.54) is 0 Å². The van der Waals surface area contributed by atoms with E-state index in [-0.39, 0.29) is 17.9 Å². The number of rotatable bonds is 6. The van der Waals surface area contributed by atoms with Gasteiger partial charge in [-0.05, 0) is 49.3 Å². The highest BCUT2D eigenvalue weighted by Gasteiger charge is 2.27. The summed E-state index contributed by atoms with van der Waals surface area (Å²) in [4.78, 5) is 27.9. The van der Waals surface area contributed by atoms with Gasteiger partial charge in [-0.15, -0.1) is 11.3 Å². The standard InChI is InChI=1S/C19H27N5O2S2/c1-12(2)11-16(25)23-8-6-14(7-9-23)20-18(26)13(3)24-17(21-22-19(24)27)15-5-4-10-28-15/h4-5,10,12-14H,6-9,11H2,1-3H3,(H,20,26)(H,22,27). The average Bonchev–Trinajstić information content (AvgIpc) is 3.30. The Balaban J connectivity index is 1.60. The lowest BCUT2D eigenvalue weighted by atomic mass is 10.0. The fourth-order valence-electron chi connectivity index (χ4n) is 3.43. The van der Waals surface area contributed by atoms with Gasteiger partial charge in [0, 0.05) is 25.6 Å². The quantitative estimate of drug-likeness (QED) is 0.701. The van der Waals surface area contributed by atoms with E-state index in [0.29, 0.717) is 36.0 Å². The van der Waals surface area contributed by atoms with Crippen molar-refractivity contribution in [3.05, 3.63) is 22.3 Å². The van der Waals surface area contributed by atoms with E-state index in [9.17, 15) is 9.59 Å². The van der Waals surface area contributed by atoms with Crippen molar-refractivity contribution in [3.63, 3.8) is 0 Å². The molecule has 0 bridgehead atoms. The number of hydrogen-bond donors (Lipinski definition) is 2. The highest BCUT2D eigenvalue weighted by Crippen LogP contribution is 2.26. The van der Waals surface area contributed by atoms with Crippen LogP contribution in [0.5, 0.6) is 0 Å². The van der Waals surface area contributed by atoms with Crippen LogP contribution in [0.2, 0.25) is 0 Å². The molecular formula is C19H27N5O2S2. The van der Waals surface area contributed by atoms with Gasteiger partial charge in [0.15, 0.2) is 10.6 Å². The van der Waals surface area contributed by atoms with E-state index in [2.05, 4.69) is 29.4 Å². The number of nitrogens with one attached hydrogen (secondary N) is 2. The van der Waals surface area contributed by atoms with E-state index in [0.717, 1.165) is 17.7 Å². The molecule has 2 aromatic heterocycles. The zero-order valence-corrected chi connectivity index (χ0v) is 18.1. The van der Waals surface area contributed by atoms with E-state index in [1.807, 2.05) is 29.3 Å². The van der Waals surface area contributed by atoms with Gasteiger partial charge in [0.2, 0.25) is 11.8 Å². The monoisotopic (exact) mass is 421 g/mol. The molecule has 1 aliphatic rings. The predicted molar refractivity (Wildman–Crippen MR) is 113 cm³/mol. The summed E-state index contributed by atoms with van der Waals surface area (Å²) < 4.78 is 2.19. The van der Waals surface area contributed by atoms with Gasteiger partial charge in [-0.3, -0.25) is 19.3 Å². The first-order chi connectivity index (χ1) is 13.4. The first kappa shape index (κ1) is 20.7. The third-order valence-electron chi connectivity index (χ3n) is 4.99. The molecule has 0 spiro atoms. The summed E-state index contributed by atoms with van der Waals surface area (Å²) in [6.07, 6.45) is 2.13. The number of amides is 2. The number of aromatic amines is 1. The van der Waals surface area contributed by atoms with Crippen molar-refractivity contribution in [1.29, 1.82) is 0 Å². The zero-order chi connectivity index (χ0) is 20.3. The van der Waals surface area contributed by atoms with Crippen LogP contribution in [0.4, 0.5) is 0 Å². The summed E-state index contributed by atoms with van der Waals surface area (Å²) in [6, 6.07) is 3.51. The van der Waals surface area contributed by atoms with Gasteiger partial charge in [-0.25, -0.2) is 0 Å². The molecule has 2 aromatic rings. The van der Waals surface area contributed by atoms with Crippen molar-refractivity contribution < 1.29 is 9.59 Å². The topological polar surface area (TPSA) is 83.0 Å². The fourth-order valence-corrected chi connectivity index (χ4v) is 4.43. The molecule has 1 fully saturated rings. The van der Waals surface area contributed by atoms with Gasteiger partial charge >= 0.3 is 0 Å². The SMILES string of the molecule is CC(C)CC(=O)N1CCC(NC(=O)C(C)n2c(-c3cccs3)n[nH]c2=S)CC1. The number of piperidine rings is 1. The summed E-state index contributed by atoms with van der Waals surface area (Å²) in [5, 5.41) is 12.2. The Kier molecular flexibility index (Phi) is 6.66. The zero-order valence-electron chi connectivity index (χ0n) is 16.5. The average molecular weight is 422 g/mol. The van der Waals surface area contributed by atoms with Crippen LogP contribution in [0.25, 0.3) is 10.7 Å². The van der Waals surface area contributed by atoms with E-state index in [4.69, 9.17) is 12.2 Å². The molecule has 1 saturated heterocycles. The molecule has 1 aliphatic heterocycles. The van der Waals surface area contributed by atoms with E-state index >= 15 is 0 Å². The van der Waals surface area contributed by atoms with Gasteiger partial charge in [-0.1, -0.05) is 19.9 Å². The molecule has 9 heteroatoms. The Labute approximate surface area is 174 Å². The molecule has 7 nitrogen and oxygen atoms in total. The molecule has 1 unspecified atom stereocenters. The summed E-state index contributed by atoms with van der Waals surface area (Å²) in [5.41, 5.74) is 0. The van der Waals surface area contributed by atoms with Crippen LogP contribution in [0, 0.1) is 10.7 Å². The molecule has 3 rings (SSSR count). The number of thiophene rings is 1. The lowest BCUT2D eigenvalue weighted by Gasteiger charge is -2.33. The maximum atomic E-state index is 12.8. The first-order valence-corrected chi connectivity index (χ1v) is 10.9. The third kappa shape index (κ3) is 4.70. The van der Waals surface area contributed by atoms with Gasteiger partial charge in [0.05, 0.1) is 4.88 Å². The van der Waals surface area contributed by atoms with Crippen molar-refractivity contribution in [3.8, 4) is 10.7 Å². The van der Waals surface area contributed by atoms with E-state index < -0.39 is 6.04 Å². The Morgan fingerprint density at radius 2 is 2.07 bits per heavy atom. The summed E-state index contributed by atoms with van der Waals surface area (Å²) in [6.45, 7) is 7.32. The number of aromatic nitrogens is 3. The minimum Gasteiger partial charge on any atom is -0.351 e. The smallest absolute Gasteiger partial charge is 0.243 e. The molecular weight excluding hydrogens is 394 g/mol. The van der Waals surface area contributed by atoms with Crippen molar-refractivity contribution in [2.45, 2.75) is 52.1 Å². The molecule has 0 aliphatic carbocycles. The second-order valence-corrected chi connectivity index (χ2v) is 8.97. The van der Waals surface area contributed by atoms with Gasteiger partial charge in [-0.2, -0.15) is 5.10 Å². The Morgan fingerprint density at radius 3 is 2.68 bits per heavy atom. The van der Waals surface area contributed by atoms with Crippen LogP contribution in [0.1, 0.15) is 46.1 Å². The largest absolute Gasteiger partial charge is 0.351 e. The molecule has 3 heterocycles. The van der Waals surface area contributed by atoms with Crippen molar-refractivity contribution in [1.82, 2.24) is 25.0 Å². The Morgan fingerprint density at radius 1 is 1.36 bits per heavy atom. The molecule has 2 N–H and O–H groups in total. The normalized spacial score (nSPS) is 16.4. The van der Waals surface area contributed by atoms with Crippen LogP contribution >= 0.6 is 23.6 Å². The van der Waals surface area contributed by atoms with Crippen LogP contribution in [0.3, 0.4) is 0 Å². The van der Waals surface area contributed by atoms with Crippen molar-refractivity contribution in [2.75, 3.05) is 13.1 Å². The highest BCUT2D eigenvalue weighted by atomic mass is 32.1.